The van der Waals surface area contributed by atoms with Gasteiger partial charge in [-0.3, -0.25) is 0 Å². The smallest absolute Gasteiger partial charge is 0.118 e. The van der Waals surface area contributed by atoms with Gasteiger partial charge in [-0.25, -0.2) is 0 Å². The number of thiophene rings is 2. The third-order valence-electron chi connectivity index (χ3n) is 4.02. The lowest BCUT2D eigenvalue weighted by Crippen LogP contribution is -2.40. The van der Waals surface area contributed by atoms with E-state index in [0.717, 1.165) is 30.6 Å². The van der Waals surface area contributed by atoms with Crippen molar-refractivity contribution in [1.29, 1.82) is 0 Å². The van der Waals surface area contributed by atoms with Crippen molar-refractivity contribution in [3.8, 4) is 0 Å². The molecule has 2 nitrogen and oxygen atoms in total. The lowest BCUT2D eigenvalue weighted by Gasteiger charge is -2.35. The van der Waals surface area contributed by atoms with E-state index in [0.29, 0.717) is 6.04 Å². The van der Waals surface area contributed by atoms with E-state index in [4.69, 9.17) is 0 Å². The Morgan fingerprint density at radius 3 is 1.95 bits per heavy atom. The Kier molecular flexibility index (Phi) is 5.38. The molecule has 0 radical (unpaired) electrons. The molecular formula is C16H23NOS2. The second kappa shape index (κ2) is 6.85. The van der Waals surface area contributed by atoms with Gasteiger partial charge in [-0.2, -0.15) is 22.7 Å². The fourth-order valence-corrected chi connectivity index (χ4v) is 4.25. The SMILES string of the molecule is CCN(CC)C(C)CC(O)(c1ccsc1)c1ccsc1. The maximum Gasteiger partial charge on any atom is 0.118 e. The van der Waals surface area contributed by atoms with E-state index in [1.165, 1.54) is 0 Å². The molecule has 0 aliphatic rings. The zero-order valence-electron chi connectivity index (χ0n) is 12.4. The first-order chi connectivity index (χ1) is 9.61. The fourth-order valence-electron chi connectivity index (χ4n) is 2.81. The topological polar surface area (TPSA) is 23.5 Å². The van der Waals surface area contributed by atoms with Crippen LogP contribution in [0.1, 0.15) is 38.3 Å². The number of hydrogen-bond acceptors (Lipinski definition) is 4. The number of aliphatic hydroxyl groups is 1. The molecule has 2 heterocycles. The van der Waals surface area contributed by atoms with Gasteiger partial charge in [0, 0.05) is 6.04 Å². The summed E-state index contributed by atoms with van der Waals surface area (Å²) in [4.78, 5) is 2.39. The highest BCUT2D eigenvalue weighted by Gasteiger charge is 2.35. The van der Waals surface area contributed by atoms with E-state index in [9.17, 15) is 5.11 Å². The first kappa shape index (κ1) is 15.7. The Labute approximate surface area is 129 Å². The Morgan fingerprint density at radius 1 is 1.10 bits per heavy atom. The van der Waals surface area contributed by atoms with Gasteiger partial charge in [-0.05, 0) is 71.2 Å². The highest BCUT2D eigenvalue weighted by atomic mass is 32.1. The molecule has 2 aromatic heterocycles. The summed E-state index contributed by atoms with van der Waals surface area (Å²) in [5.74, 6) is 0. The number of rotatable bonds is 7. The molecule has 0 aliphatic carbocycles. The van der Waals surface area contributed by atoms with Crippen molar-refractivity contribution in [3.63, 3.8) is 0 Å². The van der Waals surface area contributed by atoms with E-state index in [1.54, 1.807) is 22.7 Å². The summed E-state index contributed by atoms with van der Waals surface area (Å²) in [5, 5.41) is 19.5. The van der Waals surface area contributed by atoms with Crippen LogP contribution in [0, 0.1) is 0 Å². The summed E-state index contributed by atoms with van der Waals surface area (Å²) in [5.41, 5.74) is 1.15. The molecule has 1 atom stereocenters. The van der Waals surface area contributed by atoms with E-state index in [1.807, 2.05) is 22.9 Å². The van der Waals surface area contributed by atoms with Gasteiger partial charge in [0.25, 0.3) is 0 Å². The first-order valence-corrected chi connectivity index (χ1v) is 9.02. The lowest BCUT2D eigenvalue weighted by atomic mass is 9.84. The highest BCUT2D eigenvalue weighted by Crippen LogP contribution is 2.37. The quantitative estimate of drug-likeness (QED) is 0.830. The van der Waals surface area contributed by atoms with Crippen LogP contribution in [-0.2, 0) is 5.60 Å². The van der Waals surface area contributed by atoms with E-state index in [-0.39, 0.29) is 0 Å². The Bertz CT molecular complexity index is 454. The minimum absolute atomic E-state index is 0.342. The second-order valence-electron chi connectivity index (χ2n) is 5.16. The molecule has 2 rings (SSSR count). The molecule has 2 aromatic rings. The van der Waals surface area contributed by atoms with Gasteiger partial charge in [-0.1, -0.05) is 13.8 Å². The zero-order chi connectivity index (χ0) is 14.6. The average molecular weight is 310 g/mol. The standard InChI is InChI=1S/C16H23NOS2/c1-4-17(5-2)13(3)10-16(18,14-6-8-19-11-14)15-7-9-20-12-15/h6-9,11-13,18H,4-5,10H2,1-3H3. The molecule has 0 spiro atoms. The van der Waals surface area contributed by atoms with Crippen molar-refractivity contribution in [2.24, 2.45) is 0 Å². The van der Waals surface area contributed by atoms with Gasteiger partial charge in [-0.15, -0.1) is 0 Å². The van der Waals surface area contributed by atoms with Crippen molar-refractivity contribution in [2.75, 3.05) is 13.1 Å². The maximum absolute atomic E-state index is 11.3. The second-order valence-corrected chi connectivity index (χ2v) is 6.72. The molecule has 0 fully saturated rings. The molecule has 4 heteroatoms. The number of nitrogens with zero attached hydrogens (tertiary/aromatic N) is 1. The molecular weight excluding hydrogens is 286 g/mol. The predicted molar refractivity (Wildman–Crippen MR) is 88.6 cm³/mol. The summed E-state index contributed by atoms with van der Waals surface area (Å²) in [7, 11) is 0. The minimum atomic E-state index is -0.873. The number of hydrogen-bond donors (Lipinski definition) is 1. The predicted octanol–water partition coefficient (Wildman–Crippen LogP) is 4.17. The van der Waals surface area contributed by atoms with Crippen molar-refractivity contribution < 1.29 is 5.11 Å². The van der Waals surface area contributed by atoms with E-state index in [2.05, 4.69) is 36.4 Å². The van der Waals surface area contributed by atoms with Crippen molar-refractivity contribution in [2.45, 2.75) is 38.8 Å². The van der Waals surface area contributed by atoms with Crippen LogP contribution in [0.4, 0.5) is 0 Å². The van der Waals surface area contributed by atoms with E-state index < -0.39 is 5.60 Å². The van der Waals surface area contributed by atoms with Gasteiger partial charge < -0.3 is 10.0 Å². The molecule has 1 N–H and O–H groups in total. The first-order valence-electron chi connectivity index (χ1n) is 7.13. The van der Waals surface area contributed by atoms with Crippen LogP contribution in [0.25, 0.3) is 0 Å². The van der Waals surface area contributed by atoms with Crippen LogP contribution in [0.15, 0.2) is 33.7 Å². The van der Waals surface area contributed by atoms with Gasteiger partial charge in [0.15, 0.2) is 0 Å². The van der Waals surface area contributed by atoms with Gasteiger partial charge in [0.05, 0.1) is 0 Å². The van der Waals surface area contributed by atoms with Crippen molar-refractivity contribution in [3.05, 3.63) is 44.8 Å². The molecule has 110 valence electrons. The van der Waals surface area contributed by atoms with Gasteiger partial charge >= 0.3 is 0 Å². The van der Waals surface area contributed by atoms with Crippen LogP contribution in [0.2, 0.25) is 0 Å². The Morgan fingerprint density at radius 2 is 1.60 bits per heavy atom. The van der Waals surface area contributed by atoms with Crippen molar-refractivity contribution in [1.82, 2.24) is 4.90 Å². The van der Waals surface area contributed by atoms with Crippen LogP contribution >= 0.6 is 22.7 Å². The Balaban J connectivity index is 2.29. The van der Waals surface area contributed by atoms with Crippen LogP contribution in [0.3, 0.4) is 0 Å². The van der Waals surface area contributed by atoms with Gasteiger partial charge in [0.2, 0.25) is 0 Å². The largest absolute Gasteiger partial charge is 0.380 e. The summed E-state index contributed by atoms with van der Waals surface area (Å²) >= 11 is 3.28. The van der Waals surface area contributed by atoms with Crippen LogP contribution in [-0.4, -0.2) is 29.1 Å². The molecule has 0 aromatic carbocycles. The zero-order valence-corrected chi connectivity index (χ0v) is 14.0. The maximum atomic E-state index is 11.3. The minimum Gasteiger partial charge on any atom is -0.380 e. The summed E-state index contributed by atoms with van der Waals surface area (Å²) in [6.45, 7) is 8.58. The van der Waals surface area contributed by atoms with Gasteiger partial charge in [0.1, 0.15) is 5.60 Å². The highest BCUT2D eigenvalue weighted by molar-refractivity contribution is 7.08. The summed E-state index contributed by atoms with van der Waals surface area (Å²) in [6, 6.07) is 4.42. The fraction of sp³-hybridized carbons (Fsp3) is 0.500. The summed E-state index contributed by atoms with van der Waals surface area (Å²) in [6.07, 6.45) is 0.724. The molecule has 0 aliphatic heterocycles. The normalized spacial score (nSPS) is 13.8. The van der Waals surface area contributed by atoms with E-state index >= 15 is 0 Å². The molecule has 0 saturated heterocycles. The molecule has 0 saturated carbocycles. The monoisotopic (exact) mass is 309 g/mol. The third kappa shape index (κ3) is 3.14. The Hall–Kier alpha value is -0.680. The third-order valence-corrected chi connectivity index (χ3v) is 5.39. The average Bonchev–Trinajstić information content (AvgIpc) is 3.14. The summed E-state index contributed by atoms with van der Waals surface area (Å²) < 4.78 is 0. The molecule has 20 heavy (non-hydrogen) atoms. The lowest BCUT2D eigenvalue weighted by molar-refractivity contribution is 0.0397. The van der Waals surface area contributed by atoms with Crippen molar-refractivity contribution >= 4 is 22.7 Å². The molecule has 0 amide bonds. The molecule has 1 unspecified atom stereocenters. The van der Waals surface area contributed by atoms with Crippen LogP contribution in [0.5, 0.6) is 0 Å². The molecule has 0 bridgehead atoms. The van der Waals surface area contributed by atoms with Crippen LogP contribution < -0.4 is 0 Å².